The van der Waals surface area contributed by atoms with E-state index in [2.05, 4.69) is 20.8 Å². The van der Waals surface area contributed by atoms with E-state index in [1.807, 2.05) is 0 Å². The molecule has 3 atom stereocenters. The number of aliphatic hydroxyl groups is 1. The molecule has 94 valence electrons. The van der Waals surface area contributed by atoms with Crippen molar-refractivity contribution in [2.75, 3.05) is 6.54 Å². The van der Waals surface area contributed by atoms with Crippen LogP contribution in [0.4, 0.5) is 0 Å². The fourth-order valence-corrected chi connectivity index (χ4v) is 2.69. The summed E-state index contributed by atoms with van der Waals surface area (Å²) in [4.78, 5) is 11.4. The topological polar surface area (TPSA) is 72.5 Å². The van der Waals surface area contributed by atoms with E-state index in [-0.39, 0.29) is 18.1 Å². The van der Waals surface area contributed by atoms with E-state index >= 15 is 0 Å². The van der Waals surface area contributed by atoms with Crippen LogP contribution in [0.25, 0.3) is 0 Å². The molecule has 0 radical (unpaired) electrons. The minimum Gasteiger partial charge on any atom is -0.460 e. The van der Waals surface area contributed by atoms with Gasteiger partial charge in [0.05, 0.1) is 0 Å². The molecule has 1 aliphatic carbocycles. The Bertz CT molecular complexity index is 253. The van der Waals surface area contributed by atoms with Crippen LogP contribution < -0.4 is 5.73 Å². The van der Waals surface area contributed by atoms with Crippen molar-refractivity contribution in [2.45, 2.75) is 52.2 Å². The van der Waals surface area contributed by atoms with Crippen LogP contribution in [0.15, 0.2) is 0 Å². The Morgan fingerprint density at radius 3 is 2.69 bits per heavy atom. The van der Waals surface area contributed by atoms with Crippen LogP contribution in [-0.4, -0.2) is 29.8 Å². The van der Waals surface area contributed by atoms with E-state index in [1.54, 1.807) is 0 Å². The number of hydrogen-bond acceptors (Lipinski definition) is 4. The van der Waals surface area contributed by atoms with Crippen LogP contribution in [0.3, 0.4) is 0 Å². The summed E-state index contributed by atoms with van der Waals surface area (Å²) in [6.07, 6.45) is 1.64. The quantitative estimate of drug-likeness (QED) is 0.710. The number of rotatable bonds is 3. The molecule has 0 aromatic rings. The lowest BCUT2D eigenvalue weighted by Crippen LogP contribution is -2.38. The van der Waals surface area contributed by atoms with Gasteiger partial charge in [-0.1, -0.05) is 20.8 Å². The Morgan fingerprint density at radius 1 is 1.56 bits per heavy atom. The largest absolute Gasteiger partial charge is 0.460 e. The standard InChI is InChI=1S/C12H23NO3/c1-8-4-9(6-12(2,3)5-8)16-11(15)10(14)7-13/h8-10,14H,4-7,13H2,1-3H3. The molecular formula is C12H23NO3. The Labute approximate surface area is 97.2 Å². The molecule has 3 N–H and O–H groups in total. The Hall–Kier alpha value is -0.610. The fraction of sp³-hybridized carbons (Fsp3) is 0.917. The maximum atomic E-state index is 11.4. The number of nitrogens with two attached hydrogens (primary N) is 1. The summed E-state index contributed by atoms with van der Waals surface area (Å²) in [5.41, 5.74) is 5.41. The lowest BCUT2D eigenvalue weighted by molar-refractivity contribution is -0.162. The van der Waals surface area contributed by atoms with E-state index in [1.165, 1.54) is 0 Å². The average Bonchev–Trinajstić information content (AvgIpc) is 2.12. The minimum atomic E-state index is -1.18. The van der Waals surface area contributed by atoms with Crippen LogP contribution in [0, 0.1) is 11.3 Å². The second kappa shape index (κ2) is 5.15. The Balaban J connectivity index is 2.51. The Kier molecular flexibility index (Phi) is 4.33. The van der Waals surface area contributed by atoms with Crippen molar-refractivity contribution in [3.63, 3.8) is 0 Å². The van der Waals surface area contributed by atoms with E-state index in [4.69, 9.17) is 10.5 Å². The molecule has 0 heterocycles. The van der Waals surface area contributed by atoms with Crippen molar-refractivity contribution in [3.8, 4) is 0 Å². The third kappa shape index (κ3) is 3.76. The van der Waals surface area contributed by atoms with Crippen molar-refractivity contribution in [3.05, 3.63) is 0 Å². The molecule has 0 amide bonds. The first-order chi connectivity index (χ1) is 7.34. The zero-order valence-electron chi connectivity index (χ0n) is 10.4. The first kappa shape index (κ1) is 13.5. The zero-order valence-corrected chi connectivity index (χ0v) is 10.4. The maximum absolute atomic E-state index is 11.4. The van der Waals surface area contributed by atoms with Crippen LogP contribution in [-0.2, 0) is 9.53 Å². The average molecular weight is 229 g/mol. The molecule has 1 rings (SSSR count). The molecule has 1 saturated carbocycles. The fourth-order valence-electron chi connectivity index (χ4n) is 2.69. The highest BCUT2D eigenvalue weighted by molar-refractivity contribution is 5.74. The van der Waals surface area contributed by atoms with Gasteiger partial charge in [-0.15, -0.1) is 0 Å². The van der Waals surface area contributed by atoms with Crippen molar-refractivity contribution in [1.29, 1.82) is 0 Å². The second-order valence-corrected chi connectivity index (χ2v) is 5.72. The third-order valence-corrected chi connectivity index (χ3v) is 3.12. The predicted molar refractivity (Wildman–Crippen MR) is 61.7 cm³/mol. The molecule has 1 aliphatic rings. The van der Waals surface area contributed by atoms with Crippen LogP contribution >= 0.6 is 0 Å². The number of carbonyl (C=O) groups excluding carboxylic acids is 1. The van der Waals surface area contributed by atoms with Gasteiger partial charge in [0.2, 0.25) is 0 Å². The number of ether oxygens (including phenoxy) is 1. The molecule has 4 heteroatoms. The summed E-state index contributed by atoms with van der Waals surface area (Å²) >= 11 is 0. The highest BCUT2D eigenvalue weighted by atomic mass is 16.6. The van der Waals surface area contributed by atoms with E-state index in [0.29, 0.717) is 5.92 Å². The molecule has 0 aliphatic heterocycles. The van der Waals surface area contributed by atoms with Gasteiger partial charge < -0.3 is 15.6 Å². The van der Waals surface area contributed by atoms with Crippen molar-refractivity contribution in [1.82, 2.24) is 0 Å². The van der Waals surface area contributed by atoms with Gasteiger partial charge in [0.15, 0.2) is 6.10 Å². The molecule has 0 saturated heterocycles. The van der Waals surface area contributed by atoms with Crippen LogP contribution in [0.1, 0.15) is 40.0 Å². The molecule has 0 spiro atoms. The summed E-state index contributed by atoms with van der Waals surface area (Å²) in [5.74, 6) is -0.0334. The number of carbonyl (C=O) groups is 1. The van der Waals surface area contributed by atoms with Gasteiger partial charge in [-0.2, -0.15) is 0 Å². The zero-order chi connectivity index (χ0) is 12.3. The van der Waals surface area contributed by atoms with Gasteiger partial charge >= 0.3 is 5.97 Å². The number of hydrogen-bond donors (Lipinski definition) is 2. The van der Waals surface area contributed by atoms with Crippen molar-refractivity contribution in [2.24, 2.45) is 17.1 Å². The molecule has 1 fully saturated rings. The maximum Gasteiger partial charge on any atom is 0.336 e. The van der Waals surface area contributed by atoms with Gasteiger partial charge in [-0.05, 0) is 30.6 Å². The first-order valence-electron chi connectivity index (χ1n) is 5.92. The van der Waals surface area contributed by atoms with E-state index in [0.717, 1.165) is 19.3 Å². The van der Waals surface area contributed by atoms with Gasteiger partial charge in [-0.25, -0.2) is 4.79 Å². The molecule has 3 unspecified atom stereocenters. The highest BCUT2D eigenvalue weighted by Gasteiger charge is 2.34. The smallest absolute Gasteiger partial charge is 0.336 e. The third-order valence-electron chi connectivity index (χ3n) is 3.12. The lowest BCUT2D eigenvalue weighted by Gasteiger charge is -2.38. The molecular weight excluding hydrogens is 206 g/mol. The minimum absolute atomic E-state index is 0.0764. The van der Waals surface area contributed by atoms with E-state index in [9.17, 15) is 9.90 Å². The molecule has 4 nitrogen and oxygen atoms in total. The summed E-state index contributed by atoms with van der Waals surface area (Å²) in [7, 11) is 0. The molecule has 0 aromatic carbocycles. The molecule has 16 heavy (non-hydrogen) atoms. The highest BCUT2D eigenvalue weighted by Crippen LogP contribution is 2.39. The summed E-state index contributed by atoms with van der Waals surface area (Å²) in [6, 6.07) is 0. The van der Waals surface area contributed by atoms with Crippen molar-refractivity contribution >= 4 is 5.97 Å². The first-order valence-corrected chi connectivity index (χ1v) is 5.92. The lowest BCUT2D eigenvalue weighted by atomic mass is 9.71. The van der Waals surface area contributed by atoms with Crippen LogP contribution in [0.5, 0.6) is 0 Å². The van der Waals surface area contributed by atoms with Gasteiger partial charge in [-0.3, -0.25) is 0 Å². The predicted octanol–water partition coefficient (Wildman–Crippen LogP) is 1.06. The van der Waals surface area contributed by atoms with E-state index < -0.39 is 12.1 Å². The second-order valence-electron chi connectivity index (χ2n) is 5.72. The summed E-state index contributed by atoms with van der Waals surface area (Å²) in [5, 5.41) is 9.25. The summed E-state index contributed by atoms with van der Waals surface area (Å²) < 4.78 is 5.28. The van der Waals surface area contributed by atoms with Crippen LogP contribution in [0.2, 0.25) is 0 Å². The molecule has 0 aromatic heterocycles. The van der Waals surface area contributed by atoms with Gasteiger partial charge in [0.25, 0.3) is 0 Å². The van der Waals surface area contributed by atoms with Gasteiger partial charge in [0.1, 0.15) is 6.10 Å². The Morgan fingerprint density at radius 2 is 2.19 bits per heavy atom. The SMILES string of the molecule is CC1CC(OC(=O)C(O)CN)CC(C)(C)C1. The van der Waals surface area contributed by atoms with Crippen molar-refractivity contribution < 1.29 is 14.6 Å². The van der Waals surface area contributed by atoms with Gasteiger partial charge in [0, 0.05) is 6.54 Å². The normalized spacial score (nSPS) is 30.8. The molecule has 0 bridgehead atoms. The number of aliphatic hydroxyl groups excluding tert-OH is 1. The number of esters is 1. The monoisotopic (exact) mass is 229 g/mol. The summed E-state index contributed by atoms with van der Waals surface area (Å²) in [6.45, 7) is 6.46.